The second kappa shape index (κ2) is 8.88. The van der Waals surface area contributed by atoms with Crippen LogP contribution in [-0.4, -0.2) is 18.3 Å². The van der Waals surface area contributed by atoms with Crippen LogP contribution < -0.4 is 0 Å². The monoisotopic (exact) mass is 152 g/mol. The number of aliphatic hydroxyl groups excluding tert-OH is 1. The summed E-state index contributed by atoms with van der Waals surface area (Å²) >= 11 is 0. The maximum atomic E-state index is 8.08. The molecule has 0 aliphatic carbocycles. The van der Waals surface area contributed by atoms with Crippen molar-refractivity contribution >= 4 is 0 Å². The smallest absolute Gasteiger partial charge is 0.107 e. The van der Waals surface area contributed by atoms with Gasteiger partial charge in [0, 0.05) is 13.0 Å². The molecule has 0 aliphatic heterocycles. The molecule has 0 saturated heterocycles. The maximum Gasteiger partial charge on any atom is 0.107 e. The Morgan fingerprint density at radius 2 is 2.18 bits per heavy atom. The molecule has 0 heterocycles. The largest absolute Gasteiger partial charge is 0.462 e. The van der Waals surface area contributed by atoms with Crippen LogP contribution in [-0.2, 0) is 4.74 Å². The van der Waals surface area contributed by atoms with Gasteiger partial charge in [0.25, 0.3) is 0 Å². The van der Waals surface area contributed by atoms with Crippen molar-refractivity contribution in [2.75, 3.05) is 13.2 Å². The minimum Gasteiger partial charge on any atom is -0.462 e. The quantitative estimate of drug-likeness (QED) is 0.483. The lowest BCUT2D eigenvalue weighted by molar-refractivity contribution is 0.165. The molecule has 0 aromatic carbocycles. The summed E-state index contributed by atoms with van der Waals surface area (Å²) < 4.78 is 5.10. The van der Waals surface area contributed by atoms with E-state index in [1.54, 1.807) is 6.92 Å². The molecule has 60 valence electrons. The summed E-state index contributed by atoms with van der Waals surface area (Å²) in [6.45, 7) is 2.92. The second-order valence-corrected chi connectivity index (χ2v) is 1.87. The predicted molar refractivity (Wildman–Crippen MR) is 43.2 cm³/mol. The molecule has 0 radical (unpaired) electrons. The topological polar surface area (TPSA) is 29.5 Å². The van der Waals surface area contributed by atoms with Crippen LogP contribution in [0, 0.1) is 23.9 Å². The fraction of sp³-hybridized carbons (Fsp3) is 0.556. The molecule has 11 heavy (non-hydrogen) atoms. The van der Waals surface area contributed by atoms with E-state index >= 15 is 0 Å². The first-order valence-corrected chi connectivity index (χ1v) is 3.51. The van der Waals surface area contributed by atoms with Crippen molar-refractivity contribution in [2.45, 2.75) is 19.8 Å². The van der Waals surface area contributed by atoms with Crippen molar-refractivity contribution in [3.05, 3.63) is 0 Å². The molecule has 0 aromatic heterocycles. The van der Waals surface area contributed by atoms with Crippen LogP contribution in [0.2, 0.25) is 0 Å². The molecule has 0 bridgehead atoms. The van der Waals surface area contributed by atoms with E-state index in [4.69, 9.17) is 9.84 Å². The minimum atomic E-state index is 0.489. The van der Waals surface area contributed by atoms with Gasteiger partial charge in [0.1, 0.15) is 12.7 Å². The Hall–Kier alpha value is -1.12. The van der Waals surface area contributed by atoms with Gasteiger partial charge in [-0.05, 0) is 13.3 Å². The highest BCUT2D eigenvalue weighted by atomic mass is 16.5. The Kier molecular flexibility index (Phi) is 7.98. The summed E-state index contributed by atoms with van der Waals surface area (Å²) in [6.07, 6.45) is 3.36. The van der Waals surface area contributed by atoms with Crippen LogP contribution in [0.5, 0.6) is 0 Å². The normalized spacial score (nSPS) is 7.36. The molecule has 2 nitrogen and oxygen atoms in total. The number of ether oxygens (including phenoxy) is 1. The first-order valence-electron chi connectivity index (χ1n) is 3.51. The number of hydrogen-bond acceptors (Lipinski definition) is 2. The highest BCUT2D eigenvalue weighted by Gasteiger charge is 1.83. The Morgan fingerprint density at radius 1 is 1.36 bits per heavy atom. The van der Waals surface area contributed by atoms with Gasteiger partial charge in [-0.15, -0.1) is 5.92 Å². The number of hydrogen-bond donors (Lipinski definition) is 1. The van der Waals surface area contributed by atoms with Crippen LogP contribution >= 0.6 is 0 Å². The van der Waals surface area contributed by atoms with Crippen molar-refractivity contribution < 1.29 is 9.84 Å². The van der Waals surface area contributed by atoms with E-state index in [0.717, 1.165) is 6.42 Å². The average molecular weight is 152 g/mol. The predicted octanol–water partition coefficient (Wildman–Crippen LogP) is 1.14. The molecule has 0 atom stereocenters. The fourth-order valence-corrected chi connectivity index (χ4v) is 0.514. The SMILES string of the molecule is CC#CCOCCCC#CO. The number of rotatable bonds is 4. The van der Waals surface area contributed by atoms with Gasteiger partial charge in [-0.25, -0.2) is 0 Å². The molecule has 0 spiro atoms. The van der Waals surface area contributed by atoms with E-state index in [0.29, 0.717) is 19.6 Å². The van der Waals surface area contributed by atoms with Crippen molar-refractivity contribution in [2.24, 2.45) is 0 Å². The third-order valence-electron chi connectivity index (χ3n) is 1.02. The zero-order chi connectivity index (χ0) is 8.36. The van der Waals surface area contributed by atoms with Crippen molar-refractivity contribution in [1.29, 1.82) is 0 Å². The highest BCUT2D eigenvalue weighted by molar-refractivity contribution is 4.94. The zero-order valence-corrected chi connectivity index (χ0v) is 6.68. The van der Waals surface area contributed by atoms with Gasteiger partial charge in [0.05, 0.1) is 0 Å². The number of unbranched alkanes of at least 4 members (excludes halogenated alkanes) is 1. The molecular weight excluding hydrogens is 140 g/mol. The van der Waals surface area contributed by atoms with Gasteiger partial charge in [0.15, 0.2) is 0 Å². The van der Waals surface area contributed by atoms with E-state index in [9.17, 15) is 0 Å². The summed E-state index contributed by atoms with van der Waals surface area (Å²) in [7, 11) is 0. The third kappa shape index (κ3) is 8.88. The molecule has 0 saturated carbocycles. The highest BCUT2D eigenvalue weighted by Crippen LogP contribution is 1.86. The van der Waals surface area contributed by atoms with E-state index < -0.39 is 0 Å². The maximum absolute atomic E-state index is 8.08. The molecule has 0 unspecified atom stereocenters. The first-order chi connectivity index (χ1) is 5.41. The summed E-state index contributed by atoms with van der Waals surface area (Å²) in [5.41, 5.74) is 0. The summed E-state index contributed by atoms with van der Waals surface area (Å²) in [5, 5.41) is 8.08. The Bertz CT molecular complexity index is 165. The Balaban J connectivity index is 2.98. The van der Waals surface area contributed by atoms with Crippen molar-refractivity contribution in [1.82, 2.24) is 0 Å². The lowest BCUT2D eigenvalue weighted by Crippen LogP contribution is -1.93. The molecular formula is C9H12O2. The first kappa shape index (κ1) is 9.88. The third-order valence-corrected chi connectivity index (χ3v) is 1.02. The van der Waals surface area contributed by atoms with Crippen LogP contribution in [0.1, 0.15) is 19.8 Å². The van der Waals surface area contributed by atoms with Crippen LogP contribution in [0.25, 0.3) is 0 Å². The Morgan fingerprint density at radius 3 is 2.82 bits per heavy atom. The van der Waals surface area contributed by atoms with Gasteiger partial charge in [-0.3, -0.25) is 0 Å². The lowest BCUT2D eigenvalue weighted by atomic mass is 10.3. The molecule has 2 heteroatoms. The van der Waals surface area contributed by atoms with Crippen LogP contribution in [0.15, 0.2) is 0 Å². The van der Waals surface area contributed by atoms with Gasteiger partial charge >= 0.3 is 0 Å². The van der Waals surface area contributed by atoms with E-state index in [1.807, 2.05) is 6.11 Å². The minimum absolute atomic E-state index is 0.489. The van der Waals surface area contributed by atoms with Crippen molar-refractivity contribution in [3.63, 3.8) is 0 Å². The van der Waals surface area contributed by atoms with Gasteiger partial charge in [-0.1, -0.05) is 11.8 Å². The molecule has 0 aliphatic rings. The van der Waals surface area contributed by atoms with Crippen molar-refractivity contribution in [3.8, 4) is 23.9 Å². The summed E-state index contributed by atoms with van der Waals surface area (Å²) in [5.74, 6) is 8.04. The molecule has 0 aromatic rings. The average Bonchev–Trinajstić information content (AvgIpc) is 2.03. The Labute approximate surface area is 67.6 Å². The molecule has 0 fully saturated rings. The van der Waals surface area contributed by atoms with E-state index in [1.165, 1.54) is 0 Å². The van der Waals surface area contributed by atoms with E-state index in [2.05, 4.69) is 17.8 Å². The second-order valence-electron chi connectivity index (χ2n) is 1.87. The van der Waals surface area contributed by atoms with Gasteiger partial charge in [-0.2, -0.15) is 0 Å². The van der Waals surface area contributed by atoms with Gasteiger partial charge in [0.2, 0.25) is 0 Å². The van der Waals surface area contributed by atoms with Crippen LogP contribution in [0.4, 0.5) is 0 Å². The lowest BCUT2D eigenvalue weighted by Gasteiger charge is -1.94. The van der Waals surface area contributed by atoms with Gasteiger partial charge < -0.3 is 9.84 Å². The zero-order valence-electron chi connectivity index (χ0n) is 6.68. The van der Waals surface area contributed by atoms with Crippen LogP contribution in [0.3, 0.4) is 0 Å². The summed E-state index contributed by atoms with van der Waals surface area (Å²) in [4.78, 5) is 0. The standard InChI is InChI=1S/C9H12O2/c1-2-3-8-11-9-6-4-5-7-10/h10H,4,6,8-9H2,1H3. The number of aliphatic hydroxyl groups is 1. The summed E-state index contributed by atoms with van der Waals surface area (Å²) in [6, 6.07) is 0. The molecule has 0 amide bonds. The molecule has 1 N–H and O–H groups in total. The molecule has 0 rings (SSSR count). The van der Waals surface area contributed by atoms with E-state index in [-0.39, 0.29) is 0 Å². The fourth-order valence-electron chi connectivity index (χ4n) is 0.514.